The molecule has 0 N–H and O–H groups in total. The van der Waals surface area contributed by atoms with Gasteiger partial charge in [0.2, 0.25) is 11.7 Å². The number of nitrogens with zero attached hydrogens (tertiary/aromatic N) is 2. The first kappa shape index (κ1) is 21.8. The topological polar surface area (TPSA) is 45.8 Å². The van der Waals surface area contributed by atoms with Gasteiger partial charge in [0.15, 0.2) is 23.3 Å². The van der Waals surface area contributed by atoms with Crippen molar-refractivity contribution in [2.45, 2.75) is 6.92 Å². The molecule has 0 aliphatic rings. The summed E-state index contributed by atoms with van der Waals surface area (Å²) in [5.74, 6) is -12.0. The highest BCUT2D eigenvalue weighted by atomic mass is 35.5. The Balaban J connectivity index is 1.98. The second-order valence-electron chi connectivity index (χ2n) is 5.85. The average molecular weight is 463 g/mol. The van der Waals surface area contributed by atoms with Crippen LogP contribution in [0.1, 0.15) is 12.7 Å². The predicted octanol–water partition coefficient (Wildman–Crippen LogP) is 6.34. The molecular weight excluding hydrogens is 454 g/mol. The van der Waals surface area contributed by atoms with Gasteiger partial charge >= 0.3 is 0 Å². The third-order valence-electron chi connectivity index (χ3n) is 3.77. The Hall–Kier alpha value is -2.91. The van der Waals surface area contributed by atoms with E-state index in [1.165, 1.54) is 18.2 Å². The van der Waals surface area contributed by atoms with Crippen LogP contribution in [0.3, 0.4) is 0 Å². The van der Waals surface area contributed by atoms with Crippen LogP contribution < -0.4 is 5.01 Å². The van der Waals surface area contributed by atoms with E-state index in [0.29, 0.717) is 21.4 Å². The van der Waals surface area contributed by atoms with Crippen molar-refractivity contribution in [1.29, 1.82) is 0 Å². The lowest BCUT2D eigenvalue weighted by Gasteiger charge is -2.17. The normalized spacial score (nSPS) is 11.3. The number of hydrogen-bond donors (Lipinski definition) is 0. The number of amides is 1. The highest BCUT2D eigenvalue weighted by molar-refractivity contribution is 6.35. The van der Waals surface area contributed by atoms with Crippen LogP contribution in [0.25, 0.3) is 11.3 Å². The number of hydrogen-bond acceptors (Lipinski definition) is 3. The molecule has 0 fully saturated rings. The molecule has 0 atom stereocenters. The molecule has 0 saturated heterocycles. The Labute approximate surface area is 176 Å². The summed E-state index contributed by atoms with van der Waals surface area (Å²) in [6, 6.07) is 7.52. The molecular formula is C19H9Cl2F5N2O2. The minimum absolute atomic E-state index is 0.0104. The van der Waals surface area contributed by atoms with Crippen molar-refractivity contribution in [3.63, 3.8) is 0 Å². The van der Waals surface area contributed by atoms with Crippen LogP contribution in [0.2, 0.25) is 10.0 Å². The van der Waals surface area contributed by atoms with Crippen molar-refractivity contribution in [3.05, 3.63) is 75.2 Å². The highest BCUT2D eigenvalue weighted by Crippen LogP contribution is 2.31. The van der Waals surface area contributed by atoms with Gasteiger partial charge in [-0.2, -0.15) is 10.1 Å². The van der Waals surface area contributed by atoms with E-state index in [1.807, 2.05) is 0 Å². The van der Waals surface area contributed by atoms with Crippen molar-refractivity contribution in [2.75, 3.05) is 5.01 Å². The van der Waals surface area contributed by atoms with Crippen LogP contribution in [-0.4, -0.2) is 12.1 Å². The number of rotatable bonds is 4. The Morgan fingerprint density at radius 2 is 1.47 bits per heavy atom. The molecule has 0 aliphatic heterocycles. The summed E-state index contributed by atoms with van der Waals surface area (Å²) in [5, 5.41) is 4.24. The van der Waals surface area contributed by atoms with E-state index in [0.717, 1.165) is 13.1 Å². The van der Waals surface area contributed by atoms with E-state index >= 15 is 0 Å². The molecule has 30 heavy (non-hydrogen) atoms. The minimum Gasteiger partial charge on any atom is -0.455 e. The molecule has 0 saturated carbocycles. The second-order valence-corrected chi connectivity index (χ2v) is 6.73. The molecule has 0 bridgehead atoms. The van der Waals surface area contributed by atoms with E-state index in [1.54, 1.807) is 12.1 Å². The highest BCUT2D eigenvalue weighted by Gasteiger charge is 2.30. The van der Waals surface area contributed by atoms with Crippen molar-refractivity contribution in [2.24, 2.45) is 5.10 Å². The lowest BCUT2D eigenvalue weighted by Crippen LogP contribution is -2.26. The van der Waals surface area contributed by atoms with E-state index in [9.17, 15) is 26.7 Å². The van der Waals surface area contributed by atoms with Gasteiger partial charge in [0.05, 0.1) is 6.21 Å². The van der Waals surface area contributed by atoms with Crippen molar-refractivity contribution < 1.29 is 31.2 Å². The summed E-state index contributed by atoms with van der Waals surface area (Å²) >= 11 is 11.8. The smallest absolute Gasteiger partial charge is 0.244 e. The van der Waals surface area contributed by atoms with Gasteiger partial charge in [0, 0.05) is 22.5 Å². The fourth-order valence-corrected chi connectivity index (χ4v) is 2.99. The van der Waals surface area contributed by atoms with Crippen molar-refractivity contribution in [3.8, 4) is 11.3 Å². The number of anilines is 1. The maximum absolute atomic E-state index is 14.0. The van der Waals surface area contributed by atoms with Gasteiger partial charge in [-0.05, 0) is 30.3 Å². The van der Waals surface area contributed by atoms with Gasteiger partial charge in [-0.15, -0.1) is 0 Å². The molecule has 1 amide bonds. The zero-order valence-electron chi connectivity index (χ0n) is 14.8. The summed E-state index contributed by atoms with van der Waals surface area (Å²) in [5.41, 5.74) is -1.00. The fourth-order valence-electron chi connectivity index (χ4n) is 2.46. The van der Waals surface area contributed by atoms with Crippen LogP contribution in [-0.2, 0) is 4.79 Å². The number of carbonyl (C=O) groups is 1. The minimum atomic E-state index is -2.35. The Morgan fingerprint density at radius 1 is 0.933 bits per heavy atom. The predicted molar refractivity (Wildman–Crippen MR) is 101 cm³/mol. The first-order chi connectivity index (χ1) is 14.1. The maximum Gasteiger partial charge on any atom is 0.244 e. The Morgan fingerprint density at radius 3 is 2.00 bits per heavy atom. The summed E-state index contributed by atoms with van der Waals surface area (Å²) < 4.78 is 73.6. The molecule has 0 aliphatic carbocycles. The summed E-state index contributed by atoms with van der Waals surface area (Å²) in [4.78, 5) is 11.8. The molecule has 156 valence electrons. The number of benzene rings is 2. The molecule has 2 aromatic carbocycles. The van der Waals surface area contributed by atoms with Crippen molar-refractivity contribution in [1.82, 2.24) is 0 Å². The van der Waals surface area contributed by atoms with Gasteiger partial charge in [-0.1, -0.05) is 23.2 Å². The SMILES string of the molecule is CC(=O)N(/N=C\c1ccc(-c2cc(Cl)cc(Cl)c2)o1)c1c(F)c(F)c(F)c(F)c1F. The molecule has 1 aromatic heterocycles. The Bertz CT molecular complexity index is 1130. The van der Waals surface area contributed by atoms with Crippen LogP contribution in [0, 0.1) is 29.1 Å². The number of hydrazone groups is 1. The van der Waals surface area contributed by atoms with Crippen molar-refractivity contribution >= 4 is 41.0 Å². The van der Waals surface area contributed by atoms with E-state index in [2.05, 4.69) is 5.10 Å². The second kappa shape index (κ2) is 8.45. The number of carbonyl (C=O) groups excluding carboxylic acids is 1. The molecule has 0 spiro atoms. The molecule has 0 radical (unpaired) electrons. The lowest BCUT2D eigenvalue weighted by atomic mass is 10.2. The third kappa shape index (κ3) is 4.17. The van der Waals surface area contributed by atoms with E-state index < -0.39 is 40.7 Å². The van der Waals surface area contributed by atoms with Gasteiger partial charge in [0.1, 0.15) is 17.2 Å². The zero-order valence-corrected chi connectivity index (χ0v) is 16.3. The summed E-state index contributed by atoms with van der Waals surface area (Å²) in [6.45, 7) is 0.830. The van der Waals surface area contributed by atoms with E-state index in [-0.39, 0.29) is 10.8 Å². The molecule has 4 nitrogen and oxygen atoms in total. The molecule has 0 unspecified atom stereocenters. The van der Waals surface area contributed by atoms with Crippen LogP contribution in [0.4, 0.5) is 27.6 Å². The van der Waals surface area contributed by atoms with Gasteiger partial charge in [-0.25, -0.2) is 22.0 Å². The molecule has 3 rings (SSSR count). The standard InChI is InChI=1S/C19H9Cl2F5N2O2/c1-8(29)28(19-17(25)15(23)14(22)16(24)18(19)26)27-7-12-2-3-13(30-12)9-4-10(20)6-11(21)5-9/h2-7H,1H3/b27-7-. The maximum atomic E-state index is 14.0. The number of furan rings is 1. The lowest BCUT2D eigenvalue weighted by molar-refractivity contribution is -0.116. The Kier molecular flexibility index (Phi) is 6.14. The molecule has 11 heteroatoms. The largest absolute Gasteiger partial charge is 0.455 e. The molecule has 3 aromatic rings. The first-order valence-electron chi connectivity index (χ1n) is 8.02. The van der Waals surface area contributed by atoms with Crippen LogP contribution >= 0.6 is 23.2 Å². The third-order valence-corrected chi connectivity index (χ3v) is 4.21. The zero-order chi connectivity index (χ0) is 22.2. The van der Waals surface area contributed by atoms with Gasteiger partial charge in [-0.3, -0.25) is 4.79 Å². The quantitative estimate of drug-likeness (QED) is 0.149. The first-order valence-corrected chi connectivity index (χ1v) is 8.78. The number of halogens is 7. The van der Waals surface area contributed by atoms with Crippen LogP contribution in [0.15, 0.2) is 39.9 Å². The van der Waals surface area contributed by atoms with E-state index in [4.69, 9.17) is 27.6 Å². The van der Waals surface area contributed by atoms with Gasteiger partial charge in [0.25, 0.3) is 0 Å². The average Bonchev–Trinajstić information content (AvgIpc) is 3.15. The monoisotopic (exact) mass is 462 g/mol. The summed E-state index contributed by atoms with van der Waals surface area (Å²) in [7, 11) is 0. The van der Waals surface area contributed by atoms with Gasteiger partial charge < -0.3 is 4.42 Å². The van der Waals surface area contributed by atoms with Crippen LogP contribution in [0.5, 0.6) is 0 Å². The summed E-state index contributed by atoms with van der Waals surface area (Å²) in [6.07, 6.45) is 0.870. The molecule has 1 heterocycles. The fraction of sp³-hybridized carbons (Fsp3) is 0.0526.